The molecule has 4 heteroatoms. The molecule has 0 radical (unpaired) electrons. The molecule has 3 rings (SSSR count). The largest absolute Gasteiger partial charge is 0.388 e. The molecule has 1 heterocycles. The van der Waals surface area contributed by atoms with Gasteiger partial charge in [0.1, 0.15) is 12.4 Å². The second-order valence-electron chi connectivity index (χ2n) is 5.22. The number of aliphatic hydroxyl groups excluding tert-OH is 1. The third-order valence-corrected chi connectivity index (χ3v) is 3.66. The number of nitrogens with zero attached hydrogens (tertiary/aromatic N) is 2. The van der Waals surface area contributed by atoms with Gasteiger partial charge in [0.05, 0.1) is 17.6 Å². The number of hydrogen-bond donors (Lipinski definition) is 1. The SMILES string of the molecule is OCc1nc2ccccc2n1CCCOCc1ccccc1. The number of hydrogen-bond acceptors (Lipinski definition) is 3. The van der Waals surface area contributed by atoms with Crippen LogP contribution in [0.15, 0.2) is 54.6 Å². The predicted molar refractivity (Wildman–Crippen MR) is 86.4 cm³/mol. The van der Waals surface area contributed by atoms with Crippen molar-refractivity contribution in [3.05, 3.63) is 66.0 Å². The van der Waals surface area contributed by atoms with Crippen LogP contribution in [-0.4, -0.2) is 21.3 Å². The molecular formula is C18H20N2O2. The number of aromatic nitrogens is 2. The van der Waals surface area contributed by atoms with E-state index in [1.54, 1.807) is 0 Å². The number of fused-ring (bicyclic) bond motifs is 1. The molecule has 114 valence electrons. The van der Waals surface area contributed by atoms with Gasteiger partial charge in [0, 0.05) is 13.2 Å². The minimum Gasteiger partial charge on any atom is -0.388 e. The first-order chi connectivity index (χ1) is 10.9. The highest BCUT2D eigenvalue weighted by molar-refractivity contribution is 5.75. The number of ether oxygens (including phenoxy) is 1. The van der Waals surface area contributed by atoms with Crippen LogP contribution >= 0.6 is 0 Å². The van der Waals surface area contributed by atoms with E-state index in [1.165, 1.54) is 5.56 Å². The van der Waals surface area contributed by atoms with E-state index in [-0.39, 0.29) is 6.61 Å². The molecule has 0 aliphatic rings. The molecule has 0 aliphatic heterocycles. The Bertz CT molecular complexity index is 722. The Morgan fingerprint density at radius 3 is 2.59 bits per heavy atom. The second-order valence-corrected chi connectivity index (χ2v) is 5.22. The van der Waals surface area contributed by atoms with Gasteiger partial charge in [-0.2, -0.15) is 0 Å². The smallest absolute Gasteiger partial charge is 0.135 e. The molecule has 0 aliphatic carbocycles. The van der Waals surface area contributed by atoms with Gasteiger partial charge < -0.3 is 14.4 Å². The monoisotopic (exact) mass is 296 g/mol. The Labute approximate surface area is 130 Å². The van der Waals surface area contributed by atoms with Gasteiger partial charge >= 0.3 is 0 Å². The van der Waals surface area contributed by atoms with Gasteiger partial charge in [-0.25, -0.2) is 4.98 Å². The minimum absolute atomic E-state index is 0.0421. The zero-order valence-corrected chi connectivity index (χ0v) is 12.5. The van der Waals surface area contributed by atoms with E-state index in [1.807, 2.05) is 42.5 Å². The lowest BCUT2D eigenvalue weighted by atomic mass is 10.2. The van der Waals surface area contributed by atoms with Crippen LogP contribution in [0.4, 0.5) is 0 Å². The Hall–Kier alpha value is -2.17. The van der Waals surface area contributed by atoms with Crippen molar-refractivity contribution >= 4 is 11.0 Å². The van der Waals surface area contributed by atoms with Crippen LogP contribution in [0.5, 0.6) is 0 Å². The summed E-state index contributed by atoms with van der Waals surface area (Å²) in [6.07, 6.45) is 0.889. The summed E-state index contributed by atoms with van der Waals surface area (Å²) in [5.41, 5.74) is 3.18. The van der Waals surface area contributed by atoms with Crippen LogP contribution in [0.3, 0.4) is 0 Å². The molecule has 0 fully saturated rings. The summed E-state index contributed by atoms with van der Waals surface area (Å²) in [4.78, 5) is 4.45. The van der Waals surface area contributed by atoms with Crippen molar-refractivity contribution in [1.82, 2.24) is 9.55 Å². The van der Waals surface area contributed by atoms with Gasteiger partial charge in [0.25, 0.3) is 0 Å². The first kappa shape index (κ1) is 14.8. The molecule has 0 saturated carbocycles. The van der Waals surface area contributed by atoms with E-state index < -0.39 is 0 Å². The zero-order chi connectivity index (χ0) is 15.2. The fraction of sp³-hybridized carbons (Fsp3) is 0.278. The van der Waals surface area contributed by atoms with Crippen LogP contribution < -0.4 is 0 Å². The van der Waals surface area contributed by atoms with Crippen molar-refractivity contribution < 1.29 is 9.84 Å². The maximum atomic E-state index is 9.46. The number of rotatable bonds is 7. The van der Waals surface area contributed by atoms with Crippen molar-refractivity contribution in [2.24, 2.45) is 0 Å². The normalized spacial score (nSPS) is 11.1. The molecule has 2 aromatic carbocycles. The van der Waals surface area contributed by atoms with Gasteiger partial charge in [-0.3, -0.25) is 0 Å². The fourth-order valence-corrected chi connectivity index (χ4v) is 2.58. The van der Waals surface area contributed by atoms with Crippen molar-refractivity contribution in [2.45, 2.75) is 26.2 Å². The van der Waals surface area contributed by atoms with Crippen LogP contribution in [-0.2, 0) is 24.5 Å². The summed E-state index contributed by atoms with van der Waals surface area (Å²) in [7, 11) is 0. The Morgan fingerprint density at radius 2 is 1.77 bits per heavy atom. The number of aliphatic hydroxyl groups is 1. The first-order valence-corrected chi connectivity index (χ1v) is 7.55. The highest BCUT2D eigenvalue weighted by atomic mass is 16.5. The molecule has 0 spiro atoms. The highest BCUT2D eigenvalue weighted by Crippen LogP contribution is 2.16. The van der Waals surface area contributed by atoms with E-state index in [0.717, 1.165) is 24.0 Å². The number of benzene rings is 2. The number of aryl methyl sites for hydroxylation is 1. The third-order valence-electron chi connectivity index (χ3n) is 3.66. The van der Waals surface area contributed by atoms with Gasteiger partial charge in [0.2, 0.25) is 0 Å². The Morgan fingerprint density at radius 1 is 1.00 bits per heavy atom. The van der Waals surface area contributed by atoms with Crippen LogP contribution in [0.25, 0.3) is 11.0 Å². The van der Waals surface area contributed by atoms with E-state index in [2.05, 4.69) is 21.7 Å². The number of para-hydroxylation sites is 2. The van der Waals surface area contributed by atoms with Gasteiger partial charge in [0.15, 0.2) is 0 Å². The molecule has 0 bridgehead atoms. The lowest BCUT2D eigenvalue weighted by Crippen LogP contribution is -2.06. The van der Waals surface area contributed by atoms with Gasteiger partial charge in [-0.15, -0.1) is 0 Å². The molecule has 0 saturated heterocycles. The zero-order valence-electron chi connectivity index (χ0n) is 12.5. The molecule has 1 N–H and O–H groups in total. The van der Waals surface area contributed by atoms with Gasteiger partial charge in [-0.1, -0.05) is 42.5 Å². The standard InChI is InChI=1S/C18H20N2O2/c21-13-18-19-16-9-4-5-10-17(16)20(18)11-6-12-22-14-15-7-2-1-3-8-15/h1-5,7-10,21H,6,11-14H2. The third kappa shape index (κ3) is 3.35. The van der Waals surface area contributed by atoms with E-state index in [4.69, 9.17) is 4.74 Å². The molecule has 22 heavy (non-hydrogen) atoms. The molecule has 4 nitrogen and oxygen atoms in total. The van der Waals surface area contributed by atoms with Gasteiger partial charge in [-0.05, 0) is 24.1 Å². The van der Waals surface area contributed by atoms with Crippen molar-refractivity contribution in [3.8, 4) is 0 Å². The highest BCUT2D eigenvalue weighted by Gasteiger charge is 2.08. The summed E-state index contributed by atoms with van der Waals surface area (Å²) in [6, 6.07) is 18.1. The lowest BCUT2D eigenvalue weighted by molar-refractivity contribution is 0.115. The first-order valence-electron chi connectivity index (χ1n) is 7.55. The maximum Gasteiger partial charge on any atom is 0.135 e. The maximum absolute atomic E-state index is 9.46. The van der Waals surface area contributed by atoms with Crippen molar-refractivity contribution in [1.29, 1.82) is 0 Å². The van der Waals surface area contributed by atoms with Crippen molar-refractivity contribution in [2.75, 3.05) is 6.61 Å². The average molecular weight is 296 g/mol. The molecule has 0 atom stereocenters. The van der Waals surface area contributed by atoms with E-state index in [9.17, 15) is 5.11 Å². The Balaban J connectivity index is 1.55. The van der Waals surface area contributed by atoms with E-state index in [0.29, 0.717) is 19.0 Å². The van der Waals surface area contributed by atoms with E-state index >= 15 is 0 Å². The van der Waals surface area contributed by atoms with Crippen LogP contribution in [0.1, 0.15) is 17.8 Å². The summed E-state index contributed by atoms with van der Waals surface area (Å²) in [6.45, 7) is 2.08. The molecule has 0 amide bonds. The lowest BCUT2D eigenvalue weighted by Gasteiger charge is -2.08. The molecule has 1 aromatic heterocycles. The van der Waals surface area contributed by atoms with Crippen LogP contribution in [0, 0.1) is 0 Å². The summed E-state index contributed by atoms with van der Waals surface area (Å²) in [5, 5.41) is 9.46. The topological polar surface area (TPSA) is 47.3 Å². The molecule has 0 unspecified atom stereocenters. The second kappa shape index (κ2) is 7.20. The van der Waals surface area contributed by atoms with Crippen LogP contribution in [0.2, 0.25) is 0 Å². The minimum atomic E-state index is -0.0421. The summed E-state index contributed by atoms with van der Waals surface area (Å²) in [5.74, 6) is 0.712. The Kier molecular flexibility index (Phi) is 4.83. The summed E-state index contributed by atoms with van der Waals surface area (Å²) >= 11 is 0. The van der Waals surface area contributed by atoms with Crippen molar-refractivity contribution in [3.63, 3.8) is 0 Å². The molecule has 3 aromatic rings. The quantitative estimate of drug-likeness (QED) is 0.681. The summed E-state index contributed by atoms with van der Waals surface area (Å²) < 4.78 is 7.78. The fourth-order valence-electron chi connectivity index (χ4n) is 2.58. The number of imidazole rings is 1. The average Bonchev–Trinajstić information content (AvgIpc) is 2.93. The molecular weight excluding hydrogens is 276 g/mol. The predicted octanol–water partition coefficient (Wildman–Crippen LogP) is 3.14.